The lowest BCUT2D eigenvalue weighted by atomic mass is 9.99. The van der Waals surface area contributed by atoms with Crippen LogP contribution in [-0.2, 0) is 6.54 Å². The standard InChI is InChI=1S/C19H32N2/c1-4-20-13-16(2)19-11-9-18(10-12-19)15-21(3)14-17-7-5-6-8-17/h9-12,16-17,20H,4-8,13-15H2,1-3H3. The van der Waals surface area contributed by atoms with Gasteiger partial charge in [-0.15, -0.1) is 0 Å². The van der Waals surface area contributed by atoms with Gasteiger partial charge in [0.25, 0.3) is 0 Å². The molecule has 1 unspecified atom stereocenters. The zero-order valence-corrected chi connectivity index (χ0v) is 14.1. The fourth-order valence-corrected chi connectivity index (χ4v) is 3.44. The molecule has 1 atom stereocenters. The second kappa shape index (κ2) is 8.55. The molecule has 2 rings (SSSR count). The molecule has 0 saturated heterocycles. The lowest BCUT2D eigenvalue weighted by molar-refractivity contribution is 0.271. The van der Waals surface area contributed by atoms with Crippen molar-refractivity contribution in [2.75, 3.05) is 26.7 Å². The Morgan fingerprint density at radius 2 is 1.86 bits per heavy atom. The van der Waals surface area contributed by atoms with E-state index in [1.54, 1.807) is 0 Å². The van der Waals surface area contributed by atoms with Crippen molar-refractivity contribution in [1.82, 2.24) is 10.2 Å². The van der Waals surface area contributed by atoms with Gasteiger partial charge in [0.1, 0.15) is 0 Å². The second-order valence-electron chi connectivity index (χ2n) is 6.80. The number of rotatable bonds is 8. The molecule has 0 spiro atoms. The predicted molar refractivity (Wildman–Crippen MR) is 91.7 cm³/mol. The van der Waals surface area contributed by atoms with Crippen LogP contribution < -0.4 is 5.32 Å². The van der Waals surface area contributed by atoms with Crippen LogP contribution in [0.3, 0.4) is 0 Å². The molecule has 0 aromatic heterocycles. The molecular weight excluding hydrogens is 256 g/mol. The Hall–Kier alpha value is -0.860. The number of nitrogens with one attached hydrogen (secondary N) is 1. The Balaban J connectivity index is 1.80. The summed E-state index contributed by atoms with van der Waals surface area (Å²) < 4.78 is 0. The van der Waals surface area contributed by atoms with Crippen LogP contribution in [0.2, 0.25) is 0 Å². The highest BCUT2D eigenvalue weighted by Gasteiger charge is 2.16. The minimum atomic E-state index is 0.593. The van der Waals surface area contributed by atoms with Gasteiger partial charge in [-0.1, -0.05) is 51.0 Å². The van der Waals surface area contributed by atoms with Gasteiger partial charge in [-0.05, 0) is 49.4 Å². The molecule has 0 radical (unpaired) electrons. The molecule has 2 nitrogen and oxygen atoms in total. The largest absolute Gasteiger partial charge is 0.316 e. The van der Waals surface area contributed by atoms with Crippen molar-refractivity contribution < 1.29 is 0 Å². The third kappa shape index (κ3) is 5.44. The monoisotopic (exact) mass is 288 g/mol. The van der Waals surface area contributed by atoms with Gasteiger partial charge < -0.3 is 10.2 Å². The van der Waals surface area contributed by atoms with Crippen LogP contribution in [0.1, 0.15) is 56.6 Å². The minimum absolute atomic E-state index is 0.593. The van der Waals surface area contributed by atoms with Crippen LogP contribution in [0.15, 0.2) is 24.3 Å². The van der Waals surface area contributed by atoms with Crippen LogP contribution in [0.4, 0.5) is 0 Å². The molecule has 1 fully saturated rings. The van der Waals surface area contributed by atoms with Gasteiger partial charge >= 0.3 is 0 Å². The number of hydrogen-bond donors (Lipinski definition) is 1. The zero-order chi connectivity index (χ0) is 15.1. The van der Waals surface area contributed by atoms with Crippen molar-refractivity contribution in [2.24, 2.45) is 5.92 Å². The van der Waals surface area contributed by atoms with E-state index in [2.05, 4.69) is 55.4 Å². The number of hydrogen-bond acceptors (Lipinski definition) is 2. The first-order valence-corrected chi connectivity index (χ1v) is 8.67. The van der Waals surface area contributed by atoms with Gasteiger partial charge in [0.2, 0.25) is 0 Å². The van der Waals surface area contributed by atoms with Gasteiger partial charge in [-0.25, -0.2) is 0 Å². The molecule has 0 aliphatic heterocycles. The Kier molecular flexibility index (Phi) is 6.72. The second-order valence-corrected chi connectivity index (χ2v) is 6.80. The summed E-state index contributed by atoms with van der Waals surface area (Å²) in [4.78, 5) is 2.49. The maximum Gasteiger partial charge on any atom is 0.0230 e. The zero-order valence-electron chi connectivity index (χ0n) is 14.1. The quantitative estimate of drug-likeness (QED) is 0.777. The third-order valence-corrected chi connectivity index (χ3v) is 4.75. The molecule has 1 N–H and O–H groups in total. The van der Waals surface area contributed by atoms with E-state index >= 15 is 0 Å². The van der Waals surface area contributed by atoms with Gasteiger partial charge in [-0.2, -0.15) is 0 Å². The maximum atomic E-state index is 3.43. The molecule has 0 bridgehead atoms. The Labute approximate surface area is 130 Å². The van der Waals surface area contributed by atoms with E-state index in [1.807, 2.05) is 0 Å². The van der Waals surface area contributed by atoms with Crippen LogP contribution in [0, 0.1) is 5.92 Å². The fourth-order valence-electron chi connectivity index (χ4n) is 3.44. The van der Waals surface area contributed by atoms with E-state index < -0.39 is 0 Å². The summed E-state index contributed by atoms with van der Waals surface area (Å²) in [7, 11) is 2.26. The first-order chi connectivity index (χ1) is 10.2. The SMILES string of the molecule is CCNCC(C)c1ccc(CN(C)CC2CCCC2)cc1. The molecule has 0 amide bonds. The van der Waals surface area contributed by atoms with Gasteiger partial charge in [0.15, 0.2) is 0 Å². The topological polar surface area (TPSA) is 15.3 Å². The average Bonchev–Trinajstić information content (AvgIpc) is 2.98. The Bertz CT molecular complexity index is 393. The van der Waals surface area contributed by atoms with Gasteiger partial charge in [-0.3, -0.25) is 0 Å². The summed E-state index contributed by atoms with van der Waals surface area (Å²) in [6, 6.07) is 9.23. The van der Waals surface area contributed by atoms with E-state index in [4.69, 9.17) is 0 Å². The lowest BCUT2D eigenvalue weighted by Gasteiger charge is -2.21. The molecule has 118 valence electrons. The van der Waals surface area contributed by atoms with E-state index in [0.717, 1.165) is 25.6 Å². The Morgan fingerprint density at radius 1 is 1.19 bits per heavy atom. The smallest absolute Gasteiger partial charge is 0.0230 e. The van der Waals surface area contributed by atoms with E-state index in [9.17, 15) is 0 Å². The molecular formula is C19H32N2. The highest BCUT2D eigenvalue weighted by molar-refractivity contribution is 5.25. The van der Waals surface area contributed by atoms with Crippen molar-refractivity contribution in [1.29, 1.82) is 0 Å². The number of nitrogens with zero attached hydrogens (tertiary/aromatic N) is 1. The summed E-state index contributed by atoms with van der Waals surface area (Å²) in [5.41, 5.74) is 2.88. The van der Waals surface area contributed by atoms with Crippen molar-refractivity contribution in [3.63, 3.8) is 0 Å². The first-order valence-electron chi connectivity index (χ1n) is 8.67. The van der Waals surface area contributed by atoms with E-state index in [0.29, 0.717) is 5.92 Å². The molecule has 0 heterocycles. The molecule has 1 aromatic carbocycles. The van der Waals surface area contributed by atoms with Crippen LogP contribution >= 0.6 is 0 Å². The molecule has 1 saturated carbocycles. The number of benzene rings is 1. The van der Waals surface area contributed by atoms with Crippen molar-refractivity contribution in [3.8, 4) is 0 Å². The number of likely N-dealkylation sites (N-methyl/N-ethyl adjacent to an activating group) is 1. The fraction of sp³-hybridized carbons (Fsp3) is 0.684. The summed E-state index contributed by atoms with van der Waals surface area (Å²) in [6.07, 6.45) is 5.75. The van der Waals surface area contributed by atoms with Gasteiger partial charge in [0.05, 0.1) is 0 Å². The highest BCUT2D eigenvalue weighted by atomic mass is 15.1. The van der Waals surface area contributed by atoms with Crippen molar-refractivity contribution >= 4 is 0 Å². The normalized spacial score (nSPS) is 17.5. The van der Waals surface area contributed by atoms with Crippen molar-refractivity contribution in [3.05, 3.63) is 35.4 Å². The van der Waals surface area contributed by atoms with Crippen LogP contribution in [0.5, 0.6) is 0 Å². The Morgan fingerprint density at radius 3 is 2.48 bits per heavy atom. The van der Waals surface area contributed by atoms with E-state index in [-0.39, 0.29) is 0 Å². The summed E-state index contributed by atoms with van der Waals surface area (Å²) >= 11 is 0. The summed E-state index contributed by atoms with van der Waals surface area (Å²) in [5, 5.41) is 3.43. The first kappa shape index (κ1) is 16.5. The highest BCUT2D eigenvalue weighted by Crippen LogP contribution is 2.25. The van der Waals surface area contributed by atoms with E-state index in [1.165, 1.54) is 43.4 Å². The van der Waals surface area contributed by atoms with Crippen LogP contribution in [-0.4, -0.2) is 31.6 Å². The third-order valence-electron chi connectivity index (χ3n) is 4.75. The summed E-state index contributed by atoms with van der Waals surface area (Å²) in [5.74, 6) is 1.53. The minimum Gasteiger partial charge on any atom is -0.316 e. The molecule has 21 heavy (non-hydrogen) atoms. The lowest BCUT2D eigenvalue weighted by Crippen LogP contribution is -2.24. The predicted octanol–water partition coefficient (Wildman–Crippen LogP) is 4.02. The molecule has 1 aromatic rings. The summed E-state index contributed by atoms with van der Waals surface area (Å²) in [6.45, 7) is 8.92. The van der Waals surface area contributed by atoms with Crippen LogP contribution in [0.25, 0.3) is 0 Å². The van der Waals surface area contributed by atoms with Gasteiger partial charge in [0, 0.05) is 19.6 Å². The molecule has 1 aliphatic rings. The maximum absolute atomic E-state index is 3.43. The van der Waals surface area contributed by atoms with Crippen molar-refractivity contribution in [2.45, 2.75) is 52.0 Å². The molecule has 2 heteroatoms. The molecule has 1 aliphatic carbocycles. The average molecular weight is 288 g/mol.